The van der Waals surface area contributed by atoms with Gasteiger partial charge in [-0.1, -0.05) is 36.4 Å². The van der Waals surface area contributed by atoms with Gasteiger partial charge in [0.2, 0.25) is 0 Å². The van der Waals surface area contributed by atoms with Crippen LogP contribution in [-0.2, 0) is 0 Å². The highest BCUT2D eigenvalue weighted by Crippen LogP contribution is 2.23. The molecule has 0 heterocycles. The van der Waals surface area contributed by atoms with Gasteiger partial charge in [-0.2, -0.15) is 0 Å². The van der Waals surface area contributed by atoms with Crippen LogP contribution in [0.2, 0.25) is 0 Å². The predicted octanol–water partition coefficient (Wildman–Crippen LogP) is 2.64. The van der Waals surface area contributed by atoms with Gasteiger partial charge in [0.1, 0.15) is 0 Å². The second-order valence-corrected chi connectivity index (χ2v) is 4.21. The van der Waals surface area contributed by atoms with Gasteiger partial charge in [-0.15, -0.1) is 0 Å². The molecule has 0 saturated carbocycles. The molecule has 2 N–H and O–H groups in total. The lowest BCUT2D eigenvalue weighted by atomic mass is 10.0. The van der Waals surface area contributed by atoms with Crippen molar-refractivity contribution in [2.24, 2.45) is 0 Å². The van der Waals surface area contributed by atoms with E-state index in [1.165, 1.54) is 0 Å². The third-order valence-electron chi connectivity index (χ3n) is 2.72. The highest BCUT2D eigenvalue weighted by atomic mass is 16.3. The van der Waals surface area contributed by atoms with Crippen molar-refractivity contribution in [1.82, 2.24) is 0 Å². The molecule has 0 spiro atoms. The van der Waals surface area contributed by atoms with Crippen LogP contribution in [0.4, 0.5) is 0 Å². The summed E-state index contributed by atoms with van der Waals surface area (Å²) >= 11 is 0. The van der Waals surface area contributed by atoms with Crippen LogP contribution in [-0.4, -0.2) is 16.3 Å². The first-order valence-corrected chi connectivity index (χ1v) is 5.51. The molecule has 0 fully saturated rings. The van der Waals surface area contributed by atoms with Crippen LogP contribution in [0.25, 0.3) is 10.8 Å². The molecule has 0 aliphatic heterocycles. The van der Waals surface area contributed by atoms with Gasteiger partial charge in [-0.05, 0) is 29.3 Å². The maximum absolute atomic E-state index is 9.89. The van der Waals surface area contributed by atoms with Crippen LogP contribution in [0.15, 0.2) is 42.5 Å². The quantitative estimate of drug-likeness (QED) is 0.828. The van der Waals surface area contributed by atoms with Crippen LogP contribution in [0.1, 0.15) is 25.0 Å². The minimum absolute atomic E-state index is 0.373. The summed E-state index contributed by atoms with van der Waals surface area (Å²) < 4.78 is 0. The Morgan fingerprint density at radius 2 is 1.69 bits per heavy atom. The molecular weight excluding hydrogens is 200 g/mol. The van der Waals surface area contributed by atoms with Gasteiger partial charge in [0.05, 0.1) is 12.2 Å². The number of rotatable bonds is 3. The van der Waals surface area contributed by atoms with Crippen molar-refractivity contribution in [2.75, 3.05) is 0 Å². The van der Waals surface area contributed by atoms with E-state index in [1.54, 1.807) is 6.92 Å². The Balaban J connectivity index is 2.32. The van der Waals surface area contributed by atoms with Gasteiger partial charge >= 0.3 is 0 Å². The highest BCUT2D eigenvalue weighted by Gasteiger charge is 2.10. The van der Waals surface area contributed by atoms with Crippen molar-refractivity contribution in [3.63, 3.8) is 0 Å². The summed E-state index contributed by atoms with van der Waals surface area (Å²) in [5, 5.41) is 21.4. The fraction of sp³-hybridized carbons (Fsp3) is 0.286. The van der Waals surface area contributed by atoms with Crippen molar-refractivity contribution in [2.45, 2.75) is 25.6 Å². The Morgan fingerprint density at radius 1 is 1.00 bits per heavy atom. The van der Waals surface area contributed by atoms with E-state index in [4.69, 9.17) is 0 Å². The molecule has 0 aliphatic rings. The van der Waals surface area contributed by atoms with Crippen molar-refractivity contribution in [3.8, 4) is 0 Å². The third-order valence-corrected chi connectivity index (χ3v) is 2.72. The molecule has 2 aromatic rings. The standard InChI is InChI=1S/C14H16O2/c1-10(15)8-14(16)13-7-6-11-4-2-3-5-12(11)9-13/h2-7,9-10,14-16H,8H2,1H3. The van der Waals surface area contributed by atoms with E-state index >= 15 is 0 Å². The number of hydrogen-bond donors (Lipinski definition) is 2. The molecule has 0 bridgehead atoms. The zero-order valence-corrected chi connectivity index (χ0v) is 9.30. The van der Waals surface area contributed by atoms with Gasteiger partial charge in [0.15, 0.2) is 0 Å². The van der Waals surface area contributed by atoms with Gasteiger partial charge in [-0.3, -0.25) is 0 Å². The fourth-order valence-corrected chi connectivity index (χ4v) is 1.87. The molecule has 0 amide bonds. The number of aliphatic hydroxyl groups excluding tert-OH is 2. The molecule has 2 rings (SSSR count). The second-order valence-electron chi connectivity index (χ2n) is 4.21. The largest absolute Gasteiger partial charge is 0.393 e. The summed E-state index contributed by atoms with van der Waals surface area (Å²) in [5.41, 5.74) is 0.861. The first kappa shape index (κ1) is 11.1. The van der Waals surface area contributed by atoms with Crippen LogP contribution in [0.3, 0.4) is 0 Å². The molecule has 84 valence electrons. The lowest BCUT2D eigenvalue weighted by Crippen LogP contribution is -2.07. The average molecular weight is 216 g/mol. The molecule has 2 nitrogen and oxygen atoms in total. The number of benzene rings is 2. The summed E-state index contributed by atoms with van der Waals surface area (Å²) in [6.07, 6.45) is -0.704. The molecule has 16 heavy (non-hydrogen) atoms. The van der Waals surface area contributed by atoms with Gasteiger partial charge in [0, 0.05) is 6.42 Å². The zero-order valence-electron chi connectivity index (χ0n) is 9.30. The molecule has 0 radical (unpaired) electrons. The first-order valence-electron chi connectivity index (χ1n) is 5.51. The van der Waals surface area contributed by atoms with Crippen molar-refractivity contribution in [3.05, 3.63) is 48.0 Å². The SMILES string of the molecule is CC(O)CC(O)c1ccc2ccccc2c1. The fourth-order valence-electron chi connectivity index (χ4n) is 1.87. The van der Waals surface area contributed by atoms with Crippen LogP contribution >= 0.6 is 0 Å². The van der Waals surface area contributed by atoms with Crippen LogP contribution in [0, 0.1) is 0 Å². The van der Waals surface area contributed by atoms with E-state index < -0.39 is 12.2 Å². The summed E-state index contributed by atoms with van der Waals surface area (Å²) in [5.74, 6) is 0. The van der Waals surface area contributed by atoms with Crippen molar-refractivity contribution < 1.29 is 10.2 Å². The third kappa shape index (κ3) is 2.40. The van der Waals surface area contributed by atoms with E-state index in [1.807, 2.05) is 42.5 Å². The van der Waals surface area contributed by atoms with E-state index in [-0.39, 0.29) is 0 Å². The lowest BCUT2D eigenvalue weighted by Gasteiger charge is -2.13. The van der Waals surface area contributed by atoms with Crippen LogP contribution < -0.4 is 0 Å². The monoisotopic (exact) mass is 216 g/mol. The maximum atomic E-state index is 9.89. The normalized spacial score (nSPS) is 14.9. The lowest BCUT2D eigenvalue weighted by molar-refractivity contribution is 0.0908. The van der Waals surface area contributed by atoms with E-state index in [2.05, 4.69) is 0 Å². The molecule has 2 heteroatoms. The van der Waals surface area contributed by atoms with Gasteiger partial charge < -0.3 is 10.2 Å². The van der Waals surface area contributed by atoms with Crippen molar-refractivity contribution in [1.29, 1.82) is 0 Å². The Kier molecular flexibility index (Phi) is 3.22. The summed E-state index contributed by atoms with van der Waals surface area (Å²) in [4.78, 5) is 0. The Morgan fingerprint density at radius 3 is 2.38 bits per heavy atom. The Hall–Kier alpha value is -1.38. The Labute approximate surface area is 95.2 Å². The molecule has 2 atom stereocenters. The summed E-state index contributed by atoms with van der Waals surface area (Å²) in [6, 6.07) is 13.9. The molecule has 0 aliphatic carbocycles. The second kappa shape index (κ2) is 4.64. The molecule has 0 saturated heterocycles. The molecule has 0 aromatic heterocycles. The number of hydrogen-bond acceptors (Lipinski definition) is 2. The maximum Gasteiger partial charge on any atom is 0.0814 e. The molecular formula is C14H16O2. The van der Waals surface area contributed by atoms with Gasteiger partial charge in [-0.25, -0.2) is 0 Å². The molecule has 2 aromatic carbocycles. The zero-order chi connectivity index (χ0) is 11.5. The predicted molar refractivity (Wildman–Crippen MR) is 65.2 cm³/mol. The van der Waals surface area contributed by atoms with E-state index in [0.717, 1.165) is 16.3 Å². The first-order chi connectivity index (χ1) is 7.66. The number of aliphatic hydroxyl groups is 2. The highest BCUT2D eigenvalue weighted by molar-refractivity contribution is 5.83. The average Bonchev–Trinajstić information content (AvgIpc) is 2.27. The topological polar surface area (TPSA) is 40.5 Å². The van der Waals surface area contributed by atoms with Crippen molar-refractivity contribution >= 4 is 10.8 Å². The minimum atomic E-state index is -0.593. The van der Waals surface area contributed by atoms with Gasteiger partial charge in [0.25, 0.3) is 0 Å². The van der Waals surface area contributed by atoms with Crippen LogP contribution in [0.5, 0.6) is 0 Å². The summed E-state index contributed by atoms with van der Waals surface area (Å²) in [7, 11) is 0. The summed E-state index contributed by atoms with van der Waals surface area (Å²) in [6.45, 7) is 1.68. The van der Waals surface area contributed by atoms with E-state index in [9.17, 15) is 10.2 Å². The van der Waals surface area contributed by atoms with E-state index in [0.29, 0.717) is 6.42 Å². The Bertz CT molecular complexity index is 477. The number of fused-ring (bicyclic) bond motifs is 1. The smallest absolute Gasteiger partial charge is 0.0814 e. The molecule has 2 unspecified atom stereocenters. The minimum Gasteiger partial charge on any atom is -0.393 e.